The Morgan fingerprint density at radius 2 is 2.09 bits per heavy atom. The maximum absolute atomic E-state index is 12.6. The topological polar surface area (TPSA) is 54.5 Å². The Balaban J connectivity index is 1.73. The van der Waals surface area contributed by atoms with Gasteiger partial charge < -0.3 is 4.90 Å². The summed E-state index contributed by atoms with van der Waals surface area (Å²) in [5.41, 5.74) is 0. The lowest BCUT2D eigenvalue weighted by molar-refractivity contribution is -0.135. The first-order chi connectivity index (χ1) is 10.6. The van der Waals surface area contributed by atoms with Crippen LogP contribution in [0.4, 0.5) is 0 Å². The minimum atomic E-state index is -3.18. The number of hydrogen-bond acceptors (Lipinski definition) is 4. The van der Waals surface area contributed by atoms with Crippen molar-refractivity contribution in [2.24, 2.45) is 5.92 Å². The molecule has 22 heavy (non-hydrogen) atoms. The van der Waals surface area contributed by atoms with Gasteiger partial charge >= 0.3 is 0 Å². The highest BCUT2D eigenvalue weighted by atomic mass is 32.2. The zero-order valence-electron chi connectivity index (χ0n) is 12.5. The van der Waals surface area contributed by atoms with E-state index < -0.39 is 15.1 Å². The van der Waals surface area contributed by atoms with Gasteiger partial charge in [-0.15, -0.1) is 11.3 Å². The Bertz CT molecular complexity index is 649. The first-order valence-electron chi connectivity index (χ1n) is 7.76. The average Bonchev–Trinajstić information content (AvgIpc) is 2.99. The number of thiophene rings is 1. The number of carbonyl (C=O) groups is 1. The highest BCUT2D eigenvalue weighted by molar-refractivity contribution is 7.91. The predicted molar refractivity (Wildman–Crippen MR) is 88.5 cm³/mol. The fraction of sp³-hybridized carbons (Fsp3) is 0.562. The molecule has 0 N–H and O–H groups in total. The zero-order valence-corrected chi connectivity index (χ0v) is 14.1. The molecular formula is C16H21NO3S2. The van der Waals surface area contributed by atoms with E-state index in [0.29, 0.717) is 19.5 Å². The molecule has 0 unspecified atom stereocenters. The molecule has 1 aromatic rings. The molecule has 2 atom stereocenters. The van der Waals surface area contributed by atoms with Crippen LogP contribution in [-0.4, -0.2) is 38.1 Å². The maximum atomic E-state index is 12.6. The minimum absolute atomic E-state index is 0.0333. The summed E-state index contributed by atoms with van der Waals surface area (Å²) in [5, 5.41) is 1.46. The van der Waals surface area contributed by atoms with Crippen molar-refractivity contribution in [1.29, 1.82) is 0 Å². The lowest BCUT2D eigenvalue weighted by atomic mass is 9.93. The SMILES string of the molecule is O=C([C@H]1CC=CCC1)N1CC[C@@H](c2cccs2)S(=O)(=O)CC1. The monoisotopic (exact) mass is 339 g/mol. The number of allylic oxidation sites excluding steroid dienone is 2. The van der Waals surface area contributed by atoms with Gasteiger partial charge in [0, 0.05) is 23.9 Å². The number of nitrogens with zero attached hydrogens (tertiary/aromatic N) is 1. The fourth-order valence-corrected chi connectivity index (χ4v) is 6.24. The molecule has 1 saturated heterocycles. The summed E-state index contributed by atoms with van der Waals surface area (Å²) >= 11 is 1.49. The van der Waals surface area contributed by atoms with Crippen LogP contribution in [0.25, 0.3) is 0 Å². The van der Waals surface area contributed by atoms with E-state index in [1.807, 2.05) is 17.5 Å². The van der Waals surface area contributed by atoms with Crippen LogP contribution < -0.4 is 0 Å². The Morgan fingerprint density at radius 1 is 1.23 bits per heavy atom. The molecule has 2 aliphatic rings. The van der Waals surface area contributed by atoms with Gasteiger partial charge in [0.25, 0.3) is 0 Å². The Hall–Kier alpha value is -1.14. The normalized spacial score (nSPS) is 28.3. The Morgan fingerprint density at radius 3 is 2.77 bits per heavy atom. The van der Waals surface area contributed by atoms with E-state index in [4.69, 9.17) is 0 Å². The number of amides is 1. The standard InChI is InChI=1S/C16H21NO3S2/c18-16(13-5-2-1-3-6-13)17-9-8-15(14-7-4-11-21-14)22(19,20)12-10-17/h1-2,4,7,11,13,15H,3,5-6,8-10,12H2/t13-,15-/m0/s1. The van der Waals surface area contributed by atoms with Gasteiger partial charge in [0.1, 0.15) is 0 Å². The number of rotatable bonds is 2. The van der Waals surface area contributed by atoms with Crippen molar-refractivity contribution in [3.8, 4) is 0 Å². The lowest BCUT2D eigenvalue weighted by Crippen LogP contribution is -2.38. The zero-order chi connectivity index (χ0) is 15.6. The van der Waals surface area contributed by atoms with Crippen molar-refractivity contribution in [2.75, 3.05) is 18.8 Å². The molecule has 1 aliphatic carbocycles. The maximum Gasteiger partial charge on any atom is 0.226 e. The molecule has 120 valence electrons. The molecule has 0 bridgehead atoms. The molecule has 4 nitrogen and oxygen atoms in total. The second-order valence-corrected chi connectivity index (χ2v) is 9.25. The molecule has 0 aromatic carbocycles. The van der Waals surface area contributed by atoms with E-state index in [1.165, 1.54) is 11.3 Å². The molecule has 1 amide bonds. The summed E-state index contributed by atoms with van der Waals surface area (Å²) in [6.45, 7) is 0.879. The van der Waals surface area contributed by atoms with Gasteiger partial charge in [0.2, 0.25) is 5.91 Å². The molecular weight excluding hydrogens is 318 g/mol. The van der Waals surface area contributed by atoms with Crippen LogP contribution >= 0.6 is 11.3 Å². The summed E-state index contributed by atoms with van der Waals surface area (Å²) in [4.78, 5) is 15.3. The number of sulfone groups is 1. The Kier molecular flexibility index (Phi) is 4.68. The average molecular weight is 339 g/mol. The third kappa shape index (κ3) is 3.27. The van der Waals surface area contributed by atoms with Crippen LogP contribution in [0.15, 0.2) is 29.7 Å². The third-order valence-electron chi connectivity index (χ3n) is 4.53. The lowest BCUT2D eigenvalue weighted by Gasteiger charge is -2.26. The number of carbonyl (C=O) groups excluding carboxylic acids is 1. The smallest absolute Gasteiger partial charge is 0.226 e. The van der Waals surface area contributed by atoms with Crippen LogP contribution in [0.1, 0.15) is 35.8 Å². The van der Waals surface area contributed by atoms with Crippen LogP contribution in [0.2, 0.25) is 0 Å². The van der Waals surface area contributed by atoms with Crippen molar-refractivity contribution in [1.82, 2.24) is 4.90 Å². The summed E-state index contributed by atoms with van der Waals surface area (Å²) in [5.74, 6) is 0.238. The van der Waals surface area contributed by atoms with Crippen molar-refractivity contribution < 1.29 is 13.2 Å². The van der Waals surface area contributed by atoms with Gasteiger partial charge in [-0.1, -0.05) is 18.2 Å². The van der Waals surface area contributed by atoms with Gasteiger partial charge in [0.15, 0.2) is 9.84 Å². The fourth-order valence-electron chi connectivity index (χ4n) is 3.23. The molecule has 0 radical (unpaired) electrons. The van der Waals surface area contributed by atoms with Gasteiger partial charge in [-0.05, 0) is 37.1 Å². The van der Waals surface area contributed by atoms with Gasteiger partial charge in [-0.3, -0.25) is 4.79 Å². The minimum Gasteiger partial charge on any atom is -0.341 e. The van der Waals surface area contributed by atoms with E-state index in [1.54, 1.807) is 4.90 Å². The summed E-state index contributed by atoms with van der Waals surface area (Å²) < 4.78 is 25.0. The van der Waals surface area contributed by atoms with Crippen molar-refractivity contribution >= 4 is 27.1 Å². The predicted octanol–water partition coefficient (Wildman–Crippen LogP) is 2.79. The van der Waals surface area contributed by atoms with E-state index in [-0.39, 0.29) is 17.6 Å². The molecule has 0 saturated carbocycles. The molecule has 1 aliphatic heterocycles. The molecule has 1 fully saturated rings. The molecule has 1 aromatic heterocycles. The molecule has 6 heteroatoms. The van der Waals surface area contributed by atoms with E-state index in [2.05, 4.69) is 12.2 Å². The molecule has 2 heterocycles. The Labute approximate surface area is 135 Å². The van der Waals surface area contributed by atoms with E-state index in [0.717, 1.165) is 24.1 Å². The second kappa shape index (κ2) is 6.54. The second-order valence-electron chi connectivity index (χ2n) is 5.97. The van der Waals surface area contributed by atoms with Crippen LogP contribution in [0.5, 0.6) is 0 Å². The van der Waals surface area contributed by atoms with Crippen molar-refractivity contribution in [3.05, 3.63) is 34.5 Å². The van der Waals surface area contributed by atoms with Gasteiger partial charge in [-0.25, -0.2) is 8.42 Å². The van der Waals surface area contributed by atoms with E-state index in [9.17, 15) is 13.2 Å². The largest absolute Gasteiger partial charge is 0.341 e. The molecule has 0 spiro atoms. The van der Waals surface area contributed by atoms with Crippen LogP contribution in [-0.2, 0) is 14.6 Å². The quantitative estimate of drug-likeness (QED) is 0.779. The van der Waals surface area contributed by atoms with E-state index >= 15 is 0 Å². The van der Waals surface area contributed by atoms with Crippen LogP contribution in [0.3, 0.4) is 0 Å². The van der Waals surface area contributed by atoms with Crippen LogP contribution in [0, 0.1) is 5.92 Å². The van der Waals surface area contributed by atoms with Gasteiger partial charge in [-0.2, -0.15) is 0 Å². The van der Waals surface area contributed by atoms with Crippen molar-refractivity contribution in [2.45, 2.75) is 30.9 Å². The summed E-state index contributed by atoms with van der Waals surface area (Å²) in [6, 6.07) is 3.77. The van der Waals surface area contributed by atoms with Gasteiger partial charge in [0.05, 0.1) is 11.0 Å². The third-order valence-corrected chi connectivity index (χ3v) is 7.77. The summed E-state index contributed by atoms with van der Waals surface area (Å²) in [7, 11) is -3.18. The summed E-state index contributed by atoms with van der Waals surface area (Å²) in [6.07, 6.45) is 7.31. The first-order valence-corrected chi connectivity index (χ1v) is 10.4. The highest BCUT2D eigenvalue weighted by Gasteiger charge is 2.34. The van der Waals surface area contributed by atoms with Crippen molar-refractivity contribution in [3.63, 3.8) is 0 Å². The highest BCUT2D eigenvalue weighted by Crippen LogP contribution is 2.33. The number of hydrogen-bond donors (Lipinski definition) is 0. The first kappa shape index (κ1) is 15.7. The molecule has 3 rings (SSSR count).